The van der Waals surface area contributed by atoms with E-state index < -0.39 is 42.8 Å². The molecule has 4 amide bonds. The van der Waals surface area contributed by atoms with Crippen molar-refractivity contribution in [2.24, 2.45) is 0 Å². The summed E-state index contributed by atoms with van der Waals surface area (Å²) in [6.45, 7) is 2.47. The Labute approximate surface area is 144 Å². The molecule has 0 saturated heterocycles. The number of benzene rings is 1. The number of rotatable bonds is 7. The van der Waals surface area contributed by atoms with Gasteiger partial charge in [0, 0.05) is 11.6 Å². The topological polar surface area (TPSA) is 114 Å². The van der Waals surface area contributed by atoms with Gasteiger partial charge in [-0.15, -0.1) is 0 Å². The van der Waals surface area contributed by atoms with Crippen molar-refractivity contribution in [1.82, 2.24) is 16.0 Å². The van der Waals surface area contributed by atoms with Crippen LogP contribution in [0.5, 0.6) is 0 Å². The molecule has 0 aromatic heterocycles. The van der Waals surface area contributed by atoms with Crippen LogP contribution in [0.15, 0.2) is 24.3 Å². The molecular weight excluding hydrogens is 333 g/mol. The van der Waals surface area contributed by atoms with Crippen LogP contribution in [0.3, 0.4) is 0 Å². The maximum absolute atomic E-state index is 13.0. The zero-order valence-electron chi connectivity index (χ0n) is 13.9. The lowest BCUT2D eigenvalue weighted by Gasteiger charge is -2.11. The van der Waals surface area contributed by atoms with Crippen molar-refractivity contribution in [3.05, 3.63) is 35.6 Å². The number of hydrogen-bond donors (Lipinski definition) is 3. The Morgan fingerprint density at radius 2 is 1.96 bits per heavy atom. The van der Waals surface area contributed by atoms with Gasteiger partial charge in [0.2, 0.25) is 0 Å². The lowest BCUT2D eigenvalue weighted by molar-refractivity contribution is -0.147. The molecule has 3 N–H and O–H groups in total. The van der Waals surface area contributed by atoms with Crippen molar-refractivity contribution in [1.29, 1.82) is 0 Å². The molecule has 1 atom stereocenters. The lowest BCUT2D eigenvalue weighted by Crippen LogP contribution is -2.45. The van der Waals surface area contributed by atoms with Gasteiger partial charge in [0.15, 0.2) is 6.61 Å². The minimum atomic E-state index is -0.873. The largest absolute Gasteiger partial charge is 0.454 e. The van der Waals surface area contributed by atoms with E-state index in [1.165, 1.54) is 18.2 Å². The first-order valence-corrected chi connectivity index (χ1v) is 7.61. The molecule has 0 radical (unpaired) electrons. The van der Waals surface area contributed by atoms with Gasteiger partial charge in [0.05, 0.1) is 0 Å². The number of carbonyl (C=O) groups is 4. The number of esters is 1. The van der Waals surface area contributed by atoms with Gasteiger partial charge < -0.3 is 15.4 Å². The summed E-state index contributed by atoms with van der Waals surface area (Å²) in [5.41, 5.74) is 0.0484. The molecule has 0 fully saturated rings. The van der Waals surface area contributed by atoms with Gasteiger partial charge in [0.1, 0.15) is 12.4 Å². The number of imide groups is 1. The first-order chi connectivity index (χ1) is 11.8. The number of ether oxygens (including phenoxy) is 1. The summed E-state index contributed by atoms with van der Waals surface area (Å²) in [5.74, 6) is -2.91. The zero-order chi connectivity index (χ0) is 18.8. The zero-order valence-corrected chi connectivity index (χ0v) is 13.9. The molecular formula is C16H20FN3O5. The Balaban J connectivity index is 2.29. The molecule has 0 aliphatic heterocycles. The maximum Gasteiger partial charge on any atom is 0.325 e. The fraction of sp³-hybridized carbons (Fsp3) is 0.375. The Morgan fingerprint density at radius 1 is 1.24 bits per heavy atom. The van der Waals surface area contributed by atoms with Gasteiger partial charge in [-0.3, -0.25) is 19.7 Å². The number of amides is 4. The highest BCUT2D eigenvalue weighted by atomic mass is 19.1. The third-order valence-corrected chi connectivity index (χ3v) is 3.09. The van der Waals surface area contributed by atoms with Gasteiger partial charge in [-0.25, -0.2) is 9.18 Å². The van der Waals surface area contributed by atoms with Crippen LogP contribution in [-0.2, 0) is 14.3 Å². The molecule has 1 rings (SSSR count). The van der Waals surface area contributed by atoms with E-state index >= 15 is 0 Å². The molecule has 9 heteroatoms. The van der Waals surface area contributed by atoms with Gasteiger partial charge in [0.25, 0.3) is 11.8 Å². The van der Waals surface area contributed by atoms with Crippen molar-refractivity contribution in [2.75, 3.05) is 13.2 Å². The van der Waals surface area contributed by atoms with Gasteiger partial charge >= 0.3 is 12.0 Å². The monoisotopic (exact) mass is 353 g/mol. The Hall–Kier alpha value is -2.97. The molecule has 0 saturated carbocycles. The molecule has 0 bridgehead atoms. The Bertz CT molecular complexity index is 650. The highest BCUT2D eigenvalue weighted by Gasteiger charge is 2.13. The molecule has 25 heavy (non-hydrogen) atoms. The number of carbonyl (C=O) groups excluding carboxylic acids is 4. The Morgan fingerprint density at radius 3 is 2.60 bits per heavy atom. The SMILES string of the molecule is CC[C@H](C)NC(=O)NC(=O)COC(=O)CNC(=O)c1cccc(F)c1. The van der Waals surface area contributed by atoms with Crippen LogP contribution in [-0.4, -0.2) is 43.0 Å². The van der Waals surface area contributed by atoms with Crippen LogP contribution in [0, 0.1) is 5.82 Å². The fourth-order valence-electron chi connectivity index (χ4n) is 1.61. The normalized spacial score (nSPS) is 11.2. The van der Waals surface area contributed by atoms with Gasteiger partial charge in [-0.05, 0) is 31.5 Å². The van der Waals surface area contributed by atoms with E-state index in [-0.39, 0.29) is 11.6 Å². The predicted octanol–water partition coefficient (Wildman–Crippen LogP) is 0.723. The Kier molecular flexibility index (Phi) is 8.04. The van der Waals surface area contributed by atoms with Crippen molar-refractivity contribution < 1.29 is 28.3 Å². The second-order valence-corrected chi connectivity index (χ2v) is 5.18. The van der Waals surface area contributed by atoms with E-state index in [9.17, 15) is 23.6 Å². The molecule has 0 unspecified atom stereocenters. The minimum absolute atomic E-state index is 0.0484. The van der Waals surface area contributed by atoms with E-state index in [0.29, 0.717) is 6.42 Å². The third-order valence-electron chi connectivity index (χ3n) is 3.09. The number of urea groups is 1. The molecule has 8 nitrogen and oxygen atoms in total. The number of nitrogens with one attached hydrogen (secondary N) is 3. The smallest absolute Gasteiger partial charge is 0.325 e. The van der Waals surface area contributed by atoms with Crippen LogP contribution in [0.4, 0.5) is 9.18 Å². The van der Waals surface area contributed by atoms with E-state index in [1.54, 1.807) is 6.92 Å². The van der Waals surface area contributed by atoms with Crippen LogP contribution in [0.25, 0.3) is 0 Å². The minimum Gasteiger partial charge on any atom is -0.454 e. The summed E-state index contributed by atoms with van der Waals surface area (Å²) in [6.07, 6.45) is 0.696. The van der Waals surface area contributed by atoms with Crippen molar-refractivity contribution in [2.45, 2.75) is 26.3 Å². The summed E-state index contributed by atoms with van der Waals surface area (Å²) in [4.78, 5) is 46.0. The summed E-state index contributed by atoms with van der Waals surface area (Å²) in [6, 6.07) is 4.15. The highest BCUT2D eigenvalue weighted by molar-refractivity contribution is 5.97. The predicted molar refractivity (Wildman–Crippen MR) is 86.1 cm³/mol. The molecule has 0 heterocycles. The molecule has 0 aliphatic carbocycles. The molecule has 136 valence electrons. The number of hydrogen-bond acceptors (Lipinski definition) is 5. The van der Waals surface area contributed by atoms with Gasteiger partial charge in [-0.1, -0.05) is 13.0 Å². The van der Waals surface area contributed by atoms with Crippen LogP contribution in [0.2, 0.25) is 0 Å². The molecule has 0 aliphatic rings. The lowest BCUT2D eigenvalue weighted by atomic mass is 10.2. The number of halogens is 1. The maximum atomic E-state index is 13.0. The standard InChI is InChI=1S/C16H20FN3O5/c1-3-10(2)19-16(24)20-13(21)9-25-14(22)8-18-15(23)11-5-4-6-12(17)7-11/h4-7,10H,3,8-9H2,1-2H3,(H,18,23)(H2,19,20,21,24)/t10-/m0/s1. The third kappa shape index (κ3) is 7.91. The average Bonchev–Trinajstić information content (AvgIpc) is 2.57. The van der Waals surface area contributed by atoms with E-state index in [1.807, 2.05) is 12.2 Å². The van der Waals surface area contributed by atoms with E-state index in [4.69, 9.17) is 0 Å². The quantitative estimate of drug-likeness (QED) is 0.625. The summed E-state index contributed by atoms with van der Waals surface area (Å²) in [7, 11) is 0. The van der Waals surface area contributed by atoms with Crippen molar-refractivity contribution in [3.63, 3.8) is 0 Å². The van der Waals surface area contributed by atoms with E-state index in [0.717, 1.165) is 6.07 Å². The molecule has 1 aromatic carbocycles. The molecule has 1 aromatic rings. The summed E-state index contributed by atoms with van der Waals surface area (Å²) >= 11 is 0. The molecule has 0 spiro atoms. The van der Waals surface area contributed by atoms with Gasteiger partial charge in [-0.2, -0.15) is 0 Å². The summed E-state index contributed by atoms with van der Waals surface area (Å²) < 4.78 is 17.6. The van der Waals surface area contributed by atoms with Crippen molar-refractivity contribution >= 4 is 23.8 Å². The highest BCUT2D eigenvalue weighted by Crippen LogP contribution is 2.02. The van der Waals surface area contributed by atoms with E-state index in [2.05, 4.69) is 15.4 Å². The van der Waals surface area contributed by atoms with Crippen LogP contribution >= 0.6 is 0 Å². The van der Waals surface area contributed by atoms with Crippen molar-refractivity contribution in [3.8, 4) is 0 Å². The fourth-order valence-corrected chi connectivity index (χ4v) is 1.61. The summed E-state index contributed by atoms with van der Waals surface area (Å²) in [5, 5.41) is 6.75. The van der Waals surface area contributed by atoms with Crippen LogP contribution in [0.1, 0.15) is 30.6 Å². The first kappa shape index (κ1) is 20.1. The second-order valence-electron chi connectivity index (χ2n) is 5.18. The second kappa shape index (κ2) is 10.0. The van der Waals surface area contributed by atoms with Crippen LogP contribution < -0.4 is 16.0 Å². The first-order valence-electron chi connectivity index (χ1n) is 7.61. The average molecular weight is 353 g/mol.